The Hall–Kier alpha value is -2.78. The first kappa shape index (κ1) is 23.9. The van der Waals surface area contributed by atoms with E-state index in [1.807, 2.05) is 0 Å². The molecule has 0 amide bonds. The van der Waals surface area contributed by atoms with Crippen molar-refractivity contribution in [1.29, 1.82) is 0 Å². The molecule has 1 aliphatic rings. The lowest BCUT2D eigenvalue weighted by Gasteiger charge is -2.20. The number of hydrogen-bond acceptors (Lipinski definition) is 6. The molecule has 9 heteroatoms. The van der Waals surface area contributed by atoms with Gasteiger partial charge in [-0.3, -0.25) is 9.59 Å². The Morgan fingerprint density at radius 3 is 2.31 bits per heavy atom. The predicted octanol–water partition coefficient (Wildman–Crippen LogP) is 3.44. The van der Waals surface area contributed by atoms with Gasteiger partial charge in [0.2, 0.25) is 15.8 Å². The number of aromatic nitrogens is 1. The van der Waals surface area contributed by atoms with Gasteiger partial charge in [0.05, 0.1) is 16.2 Å². The summed E-state index contributed by atoms with van der Waals surface area (Å²) in [6.45, 7) is 5.17. The monoisotopic (exact) mass is 460 g/mol. The average molecular weight is 461 g/mol. The summed E-state index contributed by atoms with van der Waals surface area (Å²) < 4.78 is 32.6. The third-order valence-corrected chi connectivity index (χ3v) is 7.57. The van der Waals surface area contributed by atoms with Gasteiger partial charge in [0.15, 0.2) is 12.4 Å². The minimum Gasteiger partial charge on any atom is -0.454 e. The standard InChI is InChI=1S/C23H28N2O6S/c1-15-21(17(3)26)16(2)24-22(15)20(27)14-31-23(28)18-9-8-10-19(13-18)32(29,30)25-11-6-4-5-7-12-25/h8-10,13,24H,4-7,11-12,14H2,1-3H3. The fraction of sp³-hybridized carbons (Fsp3) is 0.435. The van der Waals surface area contributed by atoms with E-state index in [-0.39, 0.29) is 21.9 Å². The highest BCUT2D eigenvalue weighted by Crippen LogP contribution is 2.22. The van der Waals surface area contributed by atoms with Crippen LogP contribution in [0.5, 0.6) is 0 Å². The van der Waals surface area contributed by atoms with E-state index in [4.69, 9.17) is 4.74 Å². The Labute approximate surface area is 188 Å². The zero-order valence-electron chi connectivity index (χ0n) is 18.6. The molecule has 1 aliphatic heterocycles. The number of rotatable bonds is 7. The molecule has 1 aromatic heterocycles. The van der Waals surface area contributed by atoms with Gasteiger partial charge >= 0.3 is 5.97 Å². The van der Waals surface area contributed by atoms with Gasteiger partial charge in [-0.1, -0.05) is 18.9 Å². The molecule has 32 heavy (non-hydrogen) atoms. The van der Waals surface area contributed by atoms with Crippen LogP contribution in [0.3, 0.4) is 0 Å². The fourth-order valence-electron chi connectivity index (χ4n) is 4.06. The van der Waals surface area contributed by atoms with Gasteiger partial charge < -0.3 is 9.72 Å². The van der Waals surface area contributed by atoms with Crippen molar-refractivity contribution < 1.29 is 27.5 Å². The number of Topliss-reactive ketones (excluding diaryl/α,β-unsaturated/α-hetero) is 2. The molecule has 0 bridgehead atoms. The molecule has 0 saturated carbocycles. The second-order valence-corrected chi connectivity index (χ2v) is 9.96. The number of benzene rings is 1. The quantitative estimate of drug-likeness (QED) is 0.500. The summed E-state index contributed by atoms with van der Waals surface area (Å²) in [6.07, 6.45) is 3.62. The van der Waals surface area contributed by atoms with E-state index < -0.39 is 28.4 Å². The molecule has 8 nitrogen and oxygen atoms in total. The molecular formula is C23H28N2O6S. The van der Waals surface area contributed by atoms with E-state index in [0.29, 0.717) is 29.9 Å². The number of carbonyl (C=O) groups excluding carboxylic acids is 3. The van der Waals surface area contributed by atoms with Crippen molar-refractivity contribution in [2.24, 2.45) is 0 Å². The zero-order valence-corrected chi connectivity index (χ0v) is 19.4. The van der Waals surface area contributed by atoms with Crippen molar-refractivity contribution >= 4 is 27.6 Å². The topological polar surface area (TPSA) is 114 Å². The molecule has 172 valence electrons. The van der Waals surface area contributed by atoms with Crippen LogP contribution in [0.15, 0.2) is 29.2 Å². The molecule has 0 radical (unpaired) electrons. The Morgan fingerprint density at radius 1 is 1.06 bits per heavy atom. The number of aromatic amines is 1. The smallest absolute Gasteiger partial charge is 0.338 e. The Morgan fingerprint density at radius 2 is 1.72 bits per heavy atom. The van der Waals surface area contributed by atoms with Gasteiger partial charge in [-0.05, 0) is 57.4 Å². The maximum atomic E-state index is 13.0. The minimum absolute atomic E-state index is 0.0297. The second kappa shape index (κ2) is 9.79. The van der Waals surface area contributed by atoms with Crippen LogP contribution in [-0.4, -0.2) is 54.9 Å². The maximum Gasteiger partial charge on any atom is 0.338 e. The number of esters is 1. The summed E-state index contributed by atoms with van der Waals surface area (Å²) in [7, 11) is -3.71. The van der Waals surface area contributed by atoms with E-state index in [1.165, 1.54) is 35.5 Å². The Kier molecular flexibility index (Phi) is 7.30. The van der Waals surface area contributed by atoms with Crippen LogP contribution in [0.4, 0.5) is 0 Å². The molecule has 3 rings (SSSR count). The molecule has 2 aromatic rings. The first-order valence-corrected chi connectivity index (χ1v) is 12.1. The number of carbonyl (C=O) groups is 3. The molecule has 1 N–H and O–H groups in total. The van der Waals surface area contributed by atoms with Crippen molar-refractivity contribution in [3.8, 4) is 0 Å². The highest BCUT2D eigenvalue weighted by atomic mass is 32.2. The molecule has 0 unspecified atom stereocenters. The molecule has 2 heterocycles. The van der Waals surface area contributed by atoms with E-state index in [9.17, 15) is 22.8 Å². The van der Waals surface area contributed by atoms with Gasteiger partial charge in [-0.25, -0.2) is 13.2 Å². The third kappa shape index (κ3) is 4.99. The first-order chi connectivity index (χ1) is 15.1. The van der Waals surface area contributed by atoms with Crippen LogP contribution in [0.2, 0.25) is 0 Å². The van der Waals surface area contributed by atoms with Gasteiger partial charge in [0.1, 0.15) is 0 Å². The summed E-state index contributed by atoms with van der Waals surface area (Å²) in [5, 5.41) is 0. The van der Waals surface area contributed by atoms with Crippen molar-refractivity contribution in [2.75, 3.05) is 19.7 Å². The molecule has 1 fully saturated rings. The number of hydrogen-bond donors (Lipinski definition) is 1. The number of sulfonamides is 1. The predicted molar refractivity (Wildman–Crippen MR) is 119 cm³/mol. The van der Waals surface area contributed by atoms with Crippen LogP contribution >= 0.6 is 0 Å². The molecule has 1 aromatic carbocycles. The molecular weight excluding hydrogens is 432 g/mol. The van der Waals surface area contributed by atoms with Gasteiger partial charge in [-0.15, -0.1) is 0 Å². The Bertz CT molecular complexity index is 1140. The maximum absolute atomic E-state index is 13.0. The van der Waals surface area contributed by atoms with Crippen LogP contribution in [0.1, 0.15) is 75.1 Å². The summed E-state index contributed by atoms with van der Waals surface area (Å²) in [6, 6.07) is 5.67. The summed E-state index contributed by atoms with van der Waals surface area (Å²) in [5.41, 5.74) is 1.82. The van der Waals surface area contributed by atoms with Gasteiger partial charge in [-0.2, -0.15) is 4.31 Å². The number of H-pyrrole nitrogens is 1. The zero-order chi connectivity index (χ0) is 23.5. The third-order valence-electron chi connectivity index (χ3n) is 5.68. The van der Waals surface area contributed by atoms with Crippen LogP contribution in [-0.2, 0) is 14.8 Å². The van der Waals surface area contributed by atoms with Crippen LogP contribution in [0, 0.1) is 13.8 Å². The van der Waals surface area contributed by atoms with Crippen molar-refractivity contribution in [3.63, 3.8) is 0 Å². The van der Waals surface area contributed by atoms with Crippen molar-refractivity contribution in [1.82, 2.24) is 9.29 Å². The lowest BCUT2D eigenvalue weighted by atomic mass is 10.1. The molecule has 0 aliphatic carbocycles. The van der Waals surface area contributed by atoms with E-state index in [1.54, 1.807) is 13.8 Å². The van der Waals surface area contributed by atoms with Gasteiger partial charge in [0.25, 0.3) is 0 Å². The number of ketones is 2. The SMILES string of the molecule is CC(=O)c1c(C)[nH]c(C(=O)COC(=O)c2cccc(S(=O)(=O)N3CCCCCC3)c2)c1C. The van der Waals surface area contributed by atoms with Crippen LogP contribution < -0.4 is 0 Å². The molecule has 0 atom stereocenters. The molecule has 1 saturated heterocycles. The first-order valence-electron chi connectivity index (χ1n) is 10.6. The largest absolute Gasteiger partial charge is 0.454 e. The summed E-state index contributed by atoms with van der Waals surface area (Å²) >= 11 is 0. The normalized spacial score (nSPS) is 15.2. The Balaban J connectivity index is 1.72. The second-order valence-electron chi connectivity index (χ2n) is 8.03. The molecule has 0 spiro atoms. The van der Waals surface area contributed by atoms with Crippen molar-refractivity contribution in [3.05, 3.63) is 52.3 Å². The van der Waals surface area contributed by atoms with Gasteiger partial charge in [0, 0.05) is 24.3 Å². The fourth-order valence-corrected chi connectivity index (χ4v) is 5.62. The lowest BCUT2D eigenvalue weighted by Crippen LogP contribution is -2.32. The lowest BCUT2D eigenvalue weighted by molar-refractivity contribution is 0.0473. The number of nitrogens with one attached hydrogen (secondary N) is 1. The van der Waals surface area contributed by atoms with E-state index in [2.05, 4.69) is 4.98 Å². The van der Waals surface area contributed by atoms with Crippen molar-refractivity contribution in [2.45, 2.75) is 51.3 Å². The number of ether oxygens (including phenoxy) is 1. The highest BCUT2D eigenvalue weighted by molar-refractivity contribution is 7.89. The van der Waals surface area contributed by atoms with Crippen LogP contribution in [0.25, 0.3) is 0 Å². The van der Waals surface area contributed by atoms with E-state index in [0.717, 1.165) is 25.7 Å². The number of nitrogens with zero attached hydrogens (tertiary/aromatic N) is 1. The summed E-state index contributed by atoms with van der Waals surface area (Å²) in [4.78, 5) is 39.7. The minimum atomic E-state index is -3.71. The highest BCUT2D eigenvalue weighted by Gasteiger charge is 2.26. The summed E-state index contributed by atoms with van der Waals surface area (Å²) in [5.74, 6) is -1.42. The average Bonchev–Trinajstić information content (AvgIpc) is 2.92. The van der Waals surface area contributed by atoms with E-state index >= 15 is 0 Å². The number of aryl methyl sites for hydroxylation is 1.